The summed E-state index contributed by atoms with van der Waals surface area (Å²) in [5.41, 5.74) is 1.39. The summed E-state index contributed by atoms with van der Waals surface area (Å²) >= 11 is 0. The van der Waals surface area contributed by atoms with Crippen molar-refractivity contribution in [2.45, 2.75) is 0 Å². The lowest BCUT2D eigenvalue weighted by Gasteiger charge is -2.02. The molecule has 0 saturated carbocycles. The summed E-state index contributed by atoms with van der Waals surface area (Å²) in [6.45, 7) is 4.24. The second kappa shape index (κ2) is 5.92. The summed E-state index contributed by atoms with van der Waals surface area (Å²) in [5.74, 6) is 1.88. The number of ether oxygens (including phenoxy) is 1. The standard InChI is InChI=1S/C12H12O2/c1-2-8-14-10-12(9-13)11-6-4-3-5-7-11/h2-7H,1,8,10H2. The molecule has 1 aromatic carbocycles. The fourth-order valence-electron chi connectivity index (χ4n) is 1.06. The molecule has 0 atom stereocenters. The molecule has 0 heterocycles. The van der Waals surface area contributed by atoms with E-state index in [9.17, 15) is 4.79 Å². The highest BCUT2D eigenvalue weighted by Gasteiger charge is 2.00. The zero-order valence-electron chi connectivity index (χ0n) is 7.90. The smallest absolute Gasteiger partial charge is 0.131 e. The van der Waals surface area contributed by atoms with Gasteiger partial charge in [-0.1, -0.05) is 36.4 Å². The van der Waals surface area contributed by atoms with E-state index >= 15 is 0 Å². The SMILES string of the molecule is C=CCOCC(=C=O)c1ccccc1. The monoisotopic (exact) mass is 188 g/mol. The minimum Gasteiger partial charge on any atom is -0.372 e. The van der Waals surface area contributed by atoms with Gasteiger partial charge in [-0.3, -0.25) is 0 Å². The van der Waals surface area contributed by atoms with Gasteiger partial charge in [-0.15, -0.1) is 6.58 Å². The summed E-state index contributed by atoms with van der Waals surface area (Å²) in [5, 5.41) is 0. The molecule has 2 nitrogen and oxygen atoms in total. The maximum absolute atomic E-state index is 10.6. The first-order valence-electron chi connectivity index (χ1n) is 4.36. The van der Waals surface area contributed by atoms with Gasteiger partial charge in [0.1, 0.15) is 5.94 Å². The predicted octanol–water partition coefficient (Wildman–Crippen LogP) is 2.10. The lowest BCUT2D eigenvalue weighted by atomic mass is 10.1. The Morgan fingerprint density at radius 2 is 2.14 bits per heavy atom. The van der Waals surface area contributed by atoms with Crippen molar-refractivity contribution in [2.24, 2.45) is 0 Å². The molecule has 1 aromatic rings. The van der Waals surface area contributed by atoms with Gasteiger partial charge < -0.3 is 4.74 Å². The predicted molar refractivity (Wildman–Crippen MR) is 56.6 cm³/mol. The van der Waals surface area contributed by atoms with Gasteiger partial charge in [0.2, 0.25) is 0 Å². The van der Waals surface area contributed by atoms with Crippen LogP contribution in [0.2, 0.25) is 0 Å². The zero-order valence-corrected chi connectivity index (χ0v) is 7.90. The minimum absolute atomic E-state index is 0.277. The Hall–Kier alpha value is -1.63. The van der Waals surface area contributed by atoms with Crippen LogP contribution in [0, 0.1) is 0 Å². The van der Waals surface area contributed by atoms with Crippen LogP contribution >= 0.6 is 0 Å². The third kappa shape index (κ3) is 3.02. The normalized spacial score (nSPS) is 9.14. The molecule has 1 rings (SSSR count). The number of benzene rings is 1. The zero-order chi connectivity index (χ0) is 10.2. The van der Waals surface area contributed by atoms with Crippen LogP contribution in [0.25, 0.3) is 5.57 Å². The van der Waals surface area contributed by atoms with Crippen molar-refractivity contribution >= 4 is 11.5 Å². The van der Waals surface area contributed by atoms with E-state index in [1.165, 1.54) is 0 Å². The van der Waals surface area contributed by atoms with Crippen LogP contribution in [0.1, 0.15) is 5.56 Å². The summed E-state index contributed by atoms with van der Waals surface area (Å²) in [7, 11) is 0. The molecule has 0 aliphatic rings. The van der Waals surface area contributed by atoms with E-state index in [0.717, 1.165) is 5.56 Å². The summed E-state index contributed by atoms with van der Waals surface area (Å²) < 4.78 is 5.17. The molecular formula is C12H12O2. The molecule has 0 aromatic heterocycles. The van der Waals surface area contributed by atoms with Crippen LogP contribution in [0.15, 0.2) is 43.0 Å². The van der Waals surface area contributed by atoms with Gasteiger partial charge in [-0.05, 0) is 5.56 Å². The van der Waals surface area contributed by atoms with Gasteiger partial charge in [0.05, 0.1) is 18.8 Å². The largest absolute Gasteiger partial charge is 0.372 e. The first kappa shape index (κ1) is 10.5. The molecule has 0 N–H and O–H groups in total. The molecule has 0 amide bonds. The maximum atomic E-state index is 10.6. The van der Waals surface area contributed by atoms with Crippen LogP contribution < -0.4 is 0 Å². The van der Waals surface area contributed by atoms with Crippen LogP contribution in [0.3, 0.4) is 0 Å². The lowest BCUT2D eigenvalue weighted by Crippen LogP contribution is -1.98. The van der Waals surface area contributed by atoms with Gasteiger partial charge in [0.15, 0.2) is 0 Å². The summed E-state index contributed by atoms with van der Waals surface area (Å²) in [6, 6.07) is 9.37. The number of rotatable bonds is 5. The van der Waals surface area contributed by atoms with Gasteiger partial charge in [0, 0.05) is 0 Å². The lowest BCUT2D eigenvalue weighted by molar-refractivity contribution is 0.200. The highest BCUT2D eigenvalue weighted by atomic mass is 16.5. The maximum Gasteiger partial charge on any atom is 0.131 e. The molecule has 0 unspecified atom stereocenters. The fourth-order valence-corrected chi connectivity index (χ4v) is 1.06. The van der Waals surface area contributed by atoms with Crippen molar-refractivity contribution in [1.29, 1.82) is 0 Å². The second-order valence-electron chi connectivity index (χ2n) is 2.75. The first-order valence-corrected chi connectivity index (χ1v) is 4.36. The molecule has 0 bridgehead atoms. The Kier molecular flexibility index (Phi) is 4.42. The van der Waals surface area contributed by atoms with Crippen molar-refractivity contribution < 1.29 is 9.53 Å². The first-order chi connectivity index (χ1) is 6.88. The highest BCUT2D eigenvalue weighted by Crippen LogP contribution is 2.10. The topological polar surface area (TPSA) is 26.3 Å². The van der Waals surface area contributed by atoms with Gasteiger partial charge in [-0.2, -0.15) is 0 Å². The Balaban J connectivity index is 2.65. The molecule has 2 heteroatoms. The van der Waals surface area contributed by atoms with E-state index < -0.39 is 0 Å². The third-order valence-electron chi connectivity index (χ3n) is 1.73. The quantitative estimate of drug-likeness (QED) is 0.402. The Morgan fingerprint density at radius 3 is 2.71 bits per heavy atom. The number of hydrogen-bond acceptors (Lipinski definition) is 2. The molecule has 0 spiro atoms. The van der Waals surface area contributed by atoms with Crippen molar-refractivity contribution in [3.05, 3.63) is 48.6 Å². The van der Waals surface area contributed by atoms with Crippen LogP contribution in [0.4, 0.5) is 0 Å². The molecule has 72 valence electrons. The van der Waals surface area contributed by atoms with Crippen molar-refractivity contribution in [2.75, 3.05) is 13.2 Å². The van der Waals surface area contributed by atoms with E-state index in [0.29, 0.717) is 12.2 Å². The van der Waals surface area contributed by atoms with E-state index in [-0.39, 0.29) is 6.61 Å². The van der Waals surface area contributed by atoms with E-state index in [1.807, 2.05) is 36.3 Å². The second-order valence-corrected chi connectivity index (χ2v) is 2.75. The van der Waals surface area contributed by atoms with Crippen LogP contribution in [-0.2, 0) is 9.53 Å². The minimum atomic E-state index is 0.277. The van der Waals surface area contributed by atoms with Gasteiger partial charge in [-0.25, -0.2) is 4.79 Å². The van der Waals surface area contributed by atoms with Crippen LogP contribution in [0.5, 0.6) is 0 Å². The average Bonchev–Trinajstić information content (AvgIpc) is 2.26. The van der Waals surface area contributed by atoms with E-state index in [1.54, 1.807) is 6.08 Å². The van der Waals surface area contributed by atoms with Crippen molar-refractivity contribution in [3.63, 3.8) is 0 Å². The number of hydrogen-bond donors (Lipinski definition) is 0. The van der Waals surface area contributed by atoms with Crippen molar-refractivity contribution in [1.82, 2.24) is 0 Å². The summed E-state index contributed by atoms with van der Waals surface area (Å²) in [4.78, 5) is 10.6. The Bertz CT molecular complexity index is 335. The molecule has 0 fully saturated rings. The molecular weight excluding hydrogens is 176 g/mol. The highest BCUT2D eigenvalue weighted by molar-refractivity contribution is 5.87. The average molecular weight is 188 g/mol. The van der Waals surface area contributed by atoms with Gasteiger partial charge in [0.25, 0.3) is 0 Å². The molecule has 0 saturated heterocycles. The van der Waals surface area contributed by atoms with E-state index in [2.05, 4.69) is 6.58 Å². The molecule has 0 radical (unpaired) electrons. The molecule has 14 heavy (non-hydrogen) atoms. The third-order valence-corrected chi connectivity index (χ3v) is 1.73. The summed E-state index contributed by atoms with van der Waals surface area (Å²) in [6.07, 6.45) is 1.65. The van der Waals surface area contributed by atoms with Gasteiger partial charge >= 0.3 is 0 Å². The molecule has 0 aliphatic carbocycles. The number of carbonyl (C=O) groups excluding carboxylic acids is 1. The molecule has 0 aliphatic heterocycles. The van der Waals surface area contributed by atoms with Crippen molar-refractivity contribution in [3.8, 4) is 0 Å². The van der Waals surface area contributed by atoms with E-state index in [4.69, 9.17) is 4.74 Å². The Morgan fingerprint density at radius 1 is 1.43 bits per heavy atom. The Labute approximate surface area is 83.5 Å². The van der Waals surface area contributed by atoms with Crippen LogP contribution in [-0.4, -0.2) is 19.2 Å². The fraction of sp³-hybridized carbons (Fsp3) is 0.167.